The van der Waals surface area contributed by atoms with Crippen LogP contribution in [0.1, 0.15) is 12.0 Å². The molecule has 164 valence electrons. The van der Waals surface area contributed by atoms with Crippen molar-refractivity contribution in [2.24, 2.45) is 10.9 Å². The summed E-state index contributed by atoms with van der Waals surface area (Å²) in [4.78, 5) is 8.02. The molecule has 0 spiro atoms. The number of hydrogen-bond donors (Lipinski definition) is 2. The standard InChI is InChI=1S/C21H28N4O2S2.HI/c1-22-21(23-14-18-8-6-7-11-20(18)24-29(2,26)27)25-13-12-17(15-25)16-28-19-9-4-3-5-10-19;/h3-11,17,24H,12-16H2,1-2H3,(H,22,23);1H. The number of anilines is 1. The highest BCUT2D eigenvalue weighted by Gasteiger charge is 2.25. The van der Waals surface area contributed by atoms with Crippen molar-refractivity contribution in [1.82, 2.24) is 10.2 Å². The Morgan fingerprint density at radius 2 is 1.87 bits per heavy atom. The van der Waals surface area contributed by atoms with E-state index in [2.05, 4.69) is 44.2 Å². The lowest BCUT2D eigenvalue weighted by molar-refractivity contribution is 0.474. The molecule has 0 amide bonds. The molecule has 3 rings (SSSR count). The zero-order chi connectivity index (χ0) is 20.7. The van der Waals surface area contributed by atoms with Gasteiger partial charge in [-0.2, -0.15) is 0 Å². The Morgan fingerprint density at radius 3 is 2.57 bits per heavy atom. The van der Waals surface area contributed by atoms with E-state index in [4.69, 9.17) is 0 Å². The SMILES string of the molecule is CN=C(NCc1ccccc1NS(C)(=O)=O)N1CCC(CSc2ccccc2)C1.I. The third kappa shape index (κ3) is 7.66. The van der Waals surface area contributed by atoms with E-state index < -0.39 is 10.0 Å². The largest absolute Gasteiger partial charge is 0.352 e. The van der Waals surface area contributed by atoms with Gasteiger partial charge in [0, 0.05) is 37.3 Å². The number of halogens is 1. The van der Waals surface area contributed by atoms with E-state index >= 15 is 0 Å². The van der Waals surface area contributed by atoms with E-state index in [-0.39, 0.29) is 24.0 Å². The summed E-state index contributed by atoms with van der Waals surface area (Å²) in [5.74, 6) is 2.57. The van der Waals surface area contributed by atoms with Crippen LogP contribution in [-0.2, 0) is 16.6 Å². The number of para-hydroxylation sites is 1. The number of hydrogen-bond acceptors (Lipinski definition) is 4. The Kier molecular flexibility index (Phi) is 9.76. The van der Waals surface area contributed by atoms with Crippen LogP contribution in [0, 0.1) is 5.92 Å². The van der Waals surface area contributed by atoms with Crippen molar-refractivity contribution < 1.29 is 8.42 Å². The first-order valence-corrected chi connectivity index (χ1v) is 12.5. The highest BCUT2D eigenvalue weighted by atomic mass is 127. The minimum Gasteiger partial charge on any atom is -0.352 e. The molecule has 2 N–H and O–H groups in total. The fourth-order valence-corrected chi connectivity index (χ4v) is 5.02. The molecule has 6 nitrogen and oxygen atoms in total. The predicted molar refractivity (Wildman–Crippen MR) is 137 cm³/mol. The van der Waals surface area contributed by atoms with Crippen LogP contribution in [0.25, 0.3) is 0 Å². The lowest BCUT2D eigenvalue weighted by Gasteiger charge is -2.22. The Morgan fingerprint density at radius 1 is 1.17 bits per heavy atom. The molecule has 0 radical (unpaired) electrons. The molecular formula is C21H29IN4O2S2. The minimum atomic E-state index is -3.32. The first kappa shape index (κ1) is 24.8. The van der Waals surface area contributed by atoms with Crippen LogP contribution in [0.3, 0.4) is 0 Å². The van der Waals surface area contributed by atoms with Crippen LogP contribution >= 0.6 is 35.7 Å². The smallest absolute Gasteiger partial charge is 0.229 e. The van der Waals surface area contributed by atoms with Gasteiger partial charge in [0.05, 0.1) is 11.9 Å². The van der Waals surface area contributed by atoms with Gasteiger partial charge in [0.2, 0.25) is 10.0 Å². The first-order chi connectivity index (χ1) is 13.9. The molecular weight excluding hydrogens is 531 g/mol. The monoisotopic (exact) mass is 560 g/mol. The molecule has 1 atom stereocenters. The summed E-state index contributed by atoms with van der Waals surface area (Å²) in [6.45, 7) is 2.46. The molecule has 0 aromatic heterocycles. The molecule has 2 aromatic rings. The molecule has 1 aliphatic rings. The number of nitrogens with one attached hydrogen (secondary N) is 2. The average Bonchev–Trinajstić information content (AvgIpc) is 3.17. The predicted octanol–water partition coefficient (Wildman–Crippen LogP) is 3.87. The zero-order valence-corrected chi connectivity index (χ0v) is 21.2. The zero-order valence-electron chi connectivity index (χ0n) is 17.2. The van der Waals surface area contributed by atoms with Crippen molar-refractivity contribution >= 4 is 57.4 Å². The Labute approximate surface area is 201 Å². The maximum atomic E-state index is 11.6. The average molecular weight is 561 g/mol. The van der Waals surface area contributed by atoms with Crippen LogP contribution in [0.4, 0.5) is 5.69 Å². The van der Waals surface area contributed by atoms with Crippen molar-refractivity contribution in [3.8, 4) is 0 Å². The summed E-state index contributed by atoms with van der Waals surface area (Å²) in [6.07, 6.45) is 2.31. The molecule has 2 aromatic carbocycles. The molecule has 1 saturated heterocycles. The molecule has 1 heterocycles. The Hall–Kier alpha value is -1.46. The number of thioether (sulfide) groups is 1. The van der Waals surface area contributed by atoms with Crippen LogP contribution in [0.15, 0.2) is 64.5 Å². The van der Waals surface area contributed by atoms with Gasteiger partial charge in [0.15, 0.2) is 5.96 Å². The third-order valence-electron chi connectivity index (χ3n) is 4.78. The van der Waals surface area contributed by atoms with Crippen LogP contribution in [-0.4, -0.2) is 51.4 Å². The summed E-state index contributed by atoms with van der Waals surface area (Å²) in [5.41, 5.74) is 1.48. The molecule has 0 saturated carbocycles. The summed E-state index contributed by atoms with van der Waals surface area (Å²) >= 11 is 1.90. The van der Waals surface area contributed by atoms with E-state index in [0.29, 0.717) is 18.2 Å². The second kappa shape index (κ2) is 11.8. The minimum absolute atomic E-state index is 0. The van der Waals surface area contributed by atoms with Gasteiger partial charge in [-0.05, 0) is 36.1 Å². The maximum absolute atomic E-state index is 11.6. The molecule has 1 fully saturated rings. The second-order valence-electron chi connectivity index (χ2n) is 7.16. The molecule has 1 unspecified atom stereocenters. The number of benzene rings is 2. The fourth-order valence-electron chi connectivity index (χ4n) is 3.37. The van der Waals surface area contributed by atoms with Gasteiger partial charge in [-0.25, -0.2) is 8.42 Å². The number of rotatable bonds is 7. The van der Waals surface area contributed by atoms with Gasteiger partial charge in [-0.3, -0.25) is 9.71 Å². The van der Waals surface area contributed by atoms with Gasteiger partial charge < -0.3 is 10.2 Å². The van der Waals surface area contributed by atoms with Crippen LogP contribution < -0.4 is 10.0 Å². The maximum Gasteiger partial charge on any atom is 0.229 e. The van der Waals surface area contributed by atoms with Crippen molar-refractivity contribution in [1.29, 1.82) is 0 Å². The van der Waals surface area contributed by atoms with E-state index in [0.717, 1.165) is 43.0 Å². The summed E-state index contributed by atoms with van der Waals surface area (Å²) in [7, 11) is -1.53. The van der Waals surface area contributed by atoms with Crippen LogP contribution in [0.5, 0.6) is 0 Å². The van der Waals surface area contributed by atoms with Crippen molar-refractivity contribution in [2.75, 3.05) is 36.9 Å². The Bertz CT molecular complexity index is 939. The van der Waals surface area contributed by atoms with E-state index in [1.165, 1.54) is 4.90 Å². The normalized spacial score (nSPS) is 16.8. The lowest BCUT2D eigenvalue weighted by atomic mass is 10.2. The number of guanidine groups is 1. The van der Waals surface area contributed by atoms with Gasteiger partial charge in [-0.15, -0.1) is 35.7 Å². The van der Waals surface area contributed by atoms with Crippen molar-refractivity contribution in [2.45, 2.75) is 17.9 Å². The van der Waals surface area contributed by atoms with Gasteiger partial charge in [-0.1, -0.05) is 36.4 Å². The van der Waals surface area contributed by atoms with Gasteiger partial charge >= 0.3 is 0 Å². The number of nitrogens with zero attached hydrogens (tertiary/aromatic N) is 2. The number of sulfonamides is 1. The molecule has 30 heavy (non-hydrogen) atoms. The van der Waals surface area contributed by atoms with Crippen LogP contribution in [0.2, 0.25) is 0 Å². The molecule has 1 aliphatic heterocycles. The quantitative estimate of drug-likeness (QED) is 0.233. The Balaban J connectivity index is 0.00000320. The van der Waals surface area contributed by atoms with Gasteiger partial charge in [0.25, 0.3) is 0 Å². The number of aliphatic imine (C=N–C) groups is 1. The van der Waals surface area contributed by atoms with Crippen molar-refractivity contribution in [3.05, 3.63) is 60.2 Å². The van der Waals surface area contributed by atoms with E-state index in [1.807, 2.05) is 36.0 Å². The van der Waals surface area contributed by atoms with E-state index in [9.17, 15) is 8.42 Å². The highest BCUT2D eigenvalue weighted by Crippen LogP contribution is 2.26. The van der Waals surface area contributed by atoms with Crippen molar-refractivity contribution in [3.63, 3.8) is 0 Å². The highest BCUT2D eigenvalue weighted by molar-refractivity contribution is 14.0. The summed E-state index contributed by atoms with van der Waals surface area (Å²) in [5, 5.41) is 3.38. The lowest BCUT2D eigenvalue weighted by Crippen LogP contribution is -2.39. The fraction of sp³-hybridized carbons (Fsp3) is 0.381. The summed E-state index contributed by atoms with van der Waals surface area (Å²) in [6, 6.07) is 17.9. The first-order valence-electron chi connectivity index (χ1n) is 9.64. The van der Waals surface area contributed by atoms with E-state index in [1.54, 1.807) is 13.1 Å². The third-order valence-corrected chi connectivity index (χ3v) is 6.61. The molecule has 0 bridgehead atoms. The number of likely N-dealkylation sites (tertiary alicyclic amines) is 1. The topological polar surface area (TPSA) is 73.8 Å². The van der Waals surface area contributed by atoms with Gasteiger partial charge in [0.1, 0.15) is 0 Å². The molecule has 9 heteroatoms. The molecule has 0 aliphatic carbocycles. The second-order valence-corrected chi connectivity index (χ2v) is 10.00. The summed E-state index contributed by atoms with van der Waals surface area (Å²) < 4.78 is 25.8.